The fourth-order valence-corrected chi connectivity index (χ4v) is 2.41. The molecule has 26 heavy (non-hydrogen) atoms. The van der Waals surface area contributed by atoms with E-state index in [1.54, 1.807) is 48.5 Å². The fourth-order valence-electron chi connectivity index (χ4n) is 2.41. The molecule has 0 saturated carbocycles. The van der Waals surface area contributed by atoms with Crippen molar-refractivity contribution in [1.29, 1.82) is 5.26 Å². The molecule has 6 heteroatoms. The standard InChI is InChI=1S/C20H15N3O3/c1-25-18-9-5-4-8-17(18)20(24)23-22-13-15-10-11-19(26-15)16-7-3-2-6-14(16)12-21/h2-11,13H,1H3,(H,23,24)/b22-13+. The smallest absolute Gasteiger partial charge is 0.275 e. The van der Waals surface area contributed by atoms with Gasteiger partial charge in [0.2, 0.25) is 0 Å². The monoisotopic (exact) mass is 345 g/mol. The van der Waals surface area contributed by atoms with Crippen LogP contribution < -0.4 is 10.2 Å². The number of benzene rings is 2. The van der Waals surface area contributed by atoms with Crippen LogP contribution in [0.2, 0.25) is 0 Å². The molecule has 6 nitrogen and oxygen atoms in total. The highest BCUT2D eigenvalue weighted by Crippen LogP contribution is 2.24. The Kier molecular flexibility index (Phi) is 5.11. The SMILES string of the molecule is COc1ccccc1C(=O)N/N=C/c1ccc(-c2ccccc2C#N)o1. The lowest BCUT2D eigenvalue weighted by Crippen LogP contribution is -2.18. The molecular weight excluding hydrogens is 330 g/mol. The second-order valence-corrected chi connectivity index (χ2v) is 5.26. The number of nitrogens with zero attached hydrogens (tertiary/aromatic N) is 2. The van der Waals surface area contributed by atoms with E-state index in [2.05, 4.69) is 16.6 Å². The summed E-state index contributed by atoms with van der Waals surface area (Å²) in [6, 6.07) is 19.6. The van der Waals surface area contributed by atoms with Crippen LogP contribution in [-0.2, 0) is 0 Å². The lowest BCUT2D eigenvalue weighted by Gasteiger charge is -2.05. The number of carbonyl (C=O) groups is 1. The van der Waals surface area contributed by atoms with E-state index in [0.717, 1.165) is 0 Å². The molecular formula is C20H15N3O3. The first-order chi connectivity index (χ1) is 12.7. The minimum absolute atomic E-state index is 0.384. The molecule has 2 aromatic carbocycles. The normalized spacial score (nSPS) is 10.5. The zero-order valence-corrected chi connectivity index (χ0v) is 14.0. The van der Waals surface area contributed by atoms with Gasteiger partial charge in [-0.05, 0) is 36.4 Å². The molecule has 0 unspecified atom stereocenters. The Hall–Kier alpha value is -3.85. The second kappa shape index (κ2) is 7.81. The van der Waals surface area contributed by atoms with Crippen LogP contribution in [-0.4, -0.2) is 19.2 Å². The molecule has 0 aliphatic heterocycles. The van der Waals surface area contributed by atoms with E-state index < -0.39 is 0 Å². The summed E-state index contributed by atoms with van der Waals surface area (Å²) in [5.41, 5.74) is 4.04. The van der Waals surface area contributed by atoms with Gasteiger partial charge in [-0.25, -0.2) is 5.43 Å². The van der Waals surface area contributed by atoms with Crippen molar-refractivity contribution >= 4 is 12.1 Å². The van der Waals surface area contributed by atoms with Crippen LogP contribution in [0.3, 0.4) is 0 Å². The number of hydrazone groups is 1. The number of hydrogen-bond acceptors (Lipinski definition) is 5. The molecule has 0 bridgehead atoms. The maximum atomic E-state index is 12.2. The average molecular weight is 345 g/mol. The first-order valence-corrected chi connectivity index (χ1v) is 7.78. The number of para-hydroxylation sites is 1. The molecule has 0 saturated heterocycles. The summed E-state index contributed by atoms with van der Waals surface area (Å²) >= 11 is 0. The van der Waals surface area contributed by atoms with E-state index >= 15 is 0 Å². The minimum atomic E-state index is -0.389. The molecule has 0 spiro atoms. The average Bonchev–Trinajstić information content (AvgIpc) is 3.16. The first kappa shape index (κ1) is 17.0. The molecule has 1 N–H and O–H groups in total. The van der Waals surface area contributed by atoms with Crippen LogP contribution >= 0.6 is 0 Å². The minimum Gasteiger partial charge on any atom is -0.496 e. The van der Waals surface area contributed by atoms with Crippen molar-refractivity contribution in [3.05, 3.63) is 77.6 Å². The predicted molar refractivity (Wildman–Crippen MR) is 96.9 cm³/mol. The van der Waals surface area contributed by atoms with Gasteiger partial charge in [0.25, 0.3) is 5.91 Å². The van der Waals surface area contributed by atoms with Gasteiger partial charge in [-0.15, -0.1) is 0 Å². The fraction of sp³-hybridized carbons (Fsp3) is 0.0500. The predicted octanol–water partition coefficient (Wildman–Crippen LogP) is 3.59. The molecule has 0 aliphatic rings. The van der Waals surface area contributed by atoms with Crippen molar-refractivity contribution in [3.8, 4) is 23.1 Å². The number of ether oxygens (including phenoxy) is 1. The summed E-state index contributed by atoms with van der Waals surface area (Å²) < 4.78 is 10.8. The zero-order valence-electron chi connectivity index (χ0n) is 14.0. The number of rotatable bonds is 5. The highest BCUT2D eigenvalue weighted by atomic mass is 16.5. The summed E-state index contributed by atoms with van der Waals surface area (Å²) in [6.45, 7) is 0. The lowest BCUT2D eigenvalue weighted by molar-refractivity contribution is 0.0952. The van der Waals surface area contributed by atoms with E-state index in [4.69, 9.17) is 14.4 Å². The van der Waals surface area contributed by atoms with Crippen LogP contribution in [0.15, 0.2) is 70.2 Å². The molecule has 3 aromatic rings. The Morgan fingerprint density at radius 3 is 2.73 bits per heavy atom. The van der Waals surface area contributed by atoms with E-state index in [1.807, 2.05) is 12.1 Å². The summed E-state index contributed by atoms with van der Waals surface area (Å²) in [5.74, 6) is 1.08. The van der Waals surface area contributed by atoms with E-state index in [0.29, 0.717) is 34.0 Å². The molecule has 1 amide bonds. The molecule has 1 heterocycles. The molecule has 0 radical (unpaired) electrons. The van der Waals surface area contributed by atoms with E-state index in [-0.39, 0.29) is 5.91 Å². The highest BCUT2D eigenvalue weighted by molar-refractivity contribution is 5.97. The Morgan fingerprint density at radius 1 is 1.15 bits per heavy atom. The summed E-state index contributed by atoms with van der Waals surface area (Å²) in [7, 11) is 1.50. The van der Waals surface area contributed by atoms with Crippen molar-refractivity contribution in [2.75, 3.05) is 7.11 Å². The maximum Gasteiger partial charge on any atom is 0.275 e. The Morgan fingerprint density at radius 2 is 1.92 bits per heavy atom. The number of amides is 1. The second-order valence-electron chi connectivity index (χ2n) is 5.26. The van der Waals surface area contributed by atoms with Crippen molar-refractivity contribution in [2.24, 2.45) is 5.10 Å². The Labute approximate surface area is 150 Å². The number of hydrogen-bond donors (Lipinski definition) is 1. The van der Waals surface area contributed by atoms with Gasteiger partial charge in [0, 0.05) is 5.56 Å². The molecule has 3 rings (SSSR count). The first-order valence-electron chi connectivity index (χ1n) is 7.78. The van der Waals surface area contributed by atoms with Gasteiger partial charge in [-0.2, -0.15) is 10.4 Å². The Balaban J connectivity index is 1.71. The van der Waals surface area contributed by atoms with Gasteiger partial charge in [-0.1, -0.05) is 24.3 Å². The molecule has 128 valence electrons. The van der Waals surface area contributed by atoms with Gasteiger partial charge in [0.15, 0.2) is 0 Å². The molecule has 0 aliphatic carbocycles. The van der Waals surface area contributed by atoms with Crippen molar-refractivity contribution in [1.82, 2.24) is 5.43 Å². The van der Waals surface area contributed by atoms with Crippen LogP contribution in [0.5, 0.6) is 5.75 Å². The number of nitrogens with one attached hydrogen (secondary N) is 1. The third kappa shape index (κ3) is 3.62. The summed E-state index contributed by atoms with van der Waals surface area (Å²) in [5, 5.41) is 13.1. The van der Waals surface area contributed by atoms with Crippen LogP contribution in [0.4, 0.5) is 0 Å². The highest BCUT2D eigenvalue weighted by Gasteiger charge is 2.11. The summed E-state index contributed by atoms with van der Waals surface area (Å²) in [4.78, 5) is 12.2. The largest absolute Gasteiger partial charge is 0.496 e. The number of methoxy groups -OCH3 is 1. The van der Waals surface area contributed by atoms with Crippen molar-refractivity contribution < 1.29 is 13.9 Å². The molecule has 1 aromatic heterocycles. The molecule has 0 atom stereocenters. The van der Waals surface area contributed by atoms with Crippen LogP contribution in [0, 0.1) is 11.3 Å². The zero-order chi connectivity index (χ0) is 18.4. The van der Waals surface area contributed by atoms with Gasteiger partial charge in [-0.3, -0.25) is 4.79 Å². The van der Waals surface area contributed by atoms with Crippen LogP contribution in [0.25, 0.3) is 11.3 Å². The number of nitriles is 1. The van der Waals surface area contributed by atoms with Crippen molar-refractivity contribution in [3.63, 3.8) is 0 Å². The van der Waals surface area contributed by atoms with Gasteiger partial charge in [0.05, 0.1) is 30.5 Å². The third-order valence-electron chi connectivity index (χ3n) is 3.65. The quantitative estimate of drug-likeness (QED) is 0.565. The van der Waals surface area contributed by atoms with E-state index in [9.17, 15) is 4.79 Å². The van der Waals surface area contributed by atoms with Gasteiger partial charge >= 0.3 is 0 Å². The van der Waals surface area contributed by atoms with E-state index in [1.165, 1.54) is 13.3 Å². The number of carbonyl (C=O) groups excluding carboxylic acids is 1. The van der Waals surface area contributed by atoms with Crippen LogP contribution in [0.1, 0.15) is 21.7 Å². The third-order valence-corrected chi connectivity index (χ3v) is 3.65. The number of furan rings is 1. The van der Waals surface area contributed by atoms with Gasteiger partial charge < -0.3 is 9.15 Å². The lowest BCUT2D eigenvalue weighted by atomic mass is 10.1. The topological polar surface area (TPSA) is 87.6 Å². The molecule has 0 fully saturated rings. The van der Waals surface area contributed by atoms with Crippen molar-refractivity contribution in [2.45, 2.75) is 0 Å². The summed E-state index contributed by atoms with van der Waals surface area (Å²) in [6.07, 6.45) is 1.39. The maximum absolute atomic E-state index is 12.2. The van der Waals surface area contributed by atoms with Gasteiger partial charge in [0.1, 0.15) is 17.3 Å². The Bertz CT molecular complexity index is 999.